The third kappa shape index (κ3) is 7.56. The van der Waals surface area contributed by atoms with E-state index in [0.717, 1.165) is 68.4 Å². The van der Waals surface area contributed by atoms with Crippen LogP contribution in [0.5, 0.6) is 0 Å². The first kappa shape index (κ1) is 30.0. The Kier molecular flexibility index (Phi) is 9.46. The van der Waals surface area contributed by atoms with Crippen molar-refractivity contribution < 1.29 is 4.79 Å². The van der Waals surface area contributed by atoms with Crippen LogP contribution in [0.4, 0.5) is 22.4 Å². The number of pyridine rings is 1. The average Bonchev–Trinajstić information content (AvgIpc) is 3.77. The highest BCUT2D eigenvalue weighted by Crippen LogP contribution is 2.30. The van der Waals surface area contributed by atoms with Gasteiger partial charge in [-0.3, -0.25) is 9.58 Å². The number of carbonyl (C=O) groups excluding carboxylic acids is 1. The van der Waals surface area contributed by atoms with Crippen molar-refractivity contribution in [3.63, 3.8) is 0 Å². The maximum Gasteiger partial charge on any atom is 0.323 e. The lowest BCUT2D eigenvalue weighted by Gasteiger charge is -2.36. The van der Waals surface area contributed by atoms with Crippen LogP contribution in [0.1, 0.15) is 43.2 Å². The minimum Gasteiger partial charge on any atom is -0.368 e. The number of urea groups is 1. The van der Waals surface area contributed by atoms with Crippen LogP contribution in [0.3, 0.4) is 0 Å². The number of benzene rings is 1. The number of hydrogen-bond donors (Lipinski definition) is 4. The van der Waals surface area contributed by atoms with Gasteiger partial charge in [-0.15, -0.1) is 0 Å². The molecule has 12 nitrogen and oxygen atoms in total. The van der Waals surface area contributed by atoms with Crippen molar-refractivity contribution in [1.29, 1.82) is 5.26 Å². The summed E-state index contributed by atoms with van der Waals surface area (Å²) in [6.07, 6.45) is 11.5. The van der Waals surface area contributed by atoms with Crippen LogP contribution in [0, 0.1) is 17.2 Å². The Morgan fingerprint density at radius 1 is 1.04 bits per heavy atom. The minimum atomic E-state index is -0.166. The third-order valence-electron chi connectivity index (χ3n) is 8.56. The quantitative estimate of drug-likeness (QED) is 0.208. The summed E-state index contributed by atoms with van der Waals surface area (Å²) in [5, 5.41) is 27.1. The van der Waals surface area contributed by atoms with Crippen molar-refractivity contribution in [2.75, 3.05) is 35.2 Å². The fourth-order valence-electron chi connectivity index (χ4n) is 6.04. The molecule has 6 rings (SSSR count). The van der Waals surface area contributed by atoms with Gasteiger partial charge < -0.3 is 21.3 Å². The summed E-state index contributed by atoms with van der Waals surface area (Å²) >= 11 is 0. The van der Waals surface area contributed by atoms with Gasteiger partial charge >= 0.3 is 6.03 Å². The van der Waals surface area contributed by atoms with Crippen molar-refractivity contribution in [3.05, 3.63) is 78.4 Å². The molecular weight excluding hydrogens is 566 g/mol. The largest absolute Gasteiger partial charge is 0.368 e. The first-order valence-corrected chi connectivity index (χ1v) is 15.6. The van der Waals surface area contributed by atoms with Gasteiger partial charge in [-0.05, 0) is 68.8 Å². The third-order valence-corrected chi connectivity index (χ3v) is 8.56. The van der Waals surface area contributed by atoms with Crippen molar-refractivity contribution in [3.8, 4) is 17.2 Å². The highest BCUT2D eigenvalue weighted by Gasteiger charge is 2.31. The zero-order valence-electron chi connectivity index (χ0n) is 25.5. The van der Waals surface area contributed by atoms with Crippen molar-refractivity contribution in [1.82, 2.24) is 35.4 Å². The second-order valence-electron chi connectivity index (χ2n) is 11.8. The van der Waals surface area contributed by atoms with Gasteiger partial charge in [0.25, 0.3) is 0 Å². The first-order chi connectivity index (χ1) is 22.1. The number of carbonyl (C=O) groups is 1. The average molecular weight is 606 g/mol. The van der Waals surface area contributed by atoms with Crippen LogP contribution < -0.4 is 26.2 Å². The molecule has 1 aliphatic carbocycles. The summed E-state index contributed by atoms with van der Waals surface area (Å²) in [5.74, 6) is 2.22. The molecule has 12 heteroatoms. The monoisotopic (exact) mass is 605 g/mol. The van der Waals surface area contributed by atoms with E-state index in [2.05, 4.69) is 42.4 Å². The van der Waals surface area contributed by atoms with Gasteiger partial charge in [-0.1, -0.05) is 30.3 Å². The van der Waals surface area contributed by atoms with E-state index in [1.54, 1.807) is 23.3 Å². The van der Waals surface area contributed by atoms with Gasteiger partial charge in [0.2, 0.25) is 5.95 Å². The van der Waals surface area contributed by atoms with Crippen LogP contribution in [0.25, 0.3) is 11.1 Å². The molecule has 1 saturated carbocycles. The SMILES string of the molecule is Cn1cc(-c2ccc(N(C(=O)NCc3ccccc3)[C@H]3CC[C@H](Nc4ncc(C#N)c(NCC5CCNC5)n4)CC3)nc2)cn1. The fraction of sp³-hybridized carbons (Fsp3) is 0.394. The summed E-state index contributed by atoms with van der Waals surface area (Å²) in [7, 11) is 1.88. The zero-order valence-corrected chi connectivity index (χ0v) is 25.5. The lowest BCUT2D eigenvalue weighted by Crippen LogP contribution is -2.49. The topological polar surface area (TPSA) is 149 Å². The van der Waals surface area contributed by atoms with Crippen LogP contribution in [0.15, 0.2) is 67.3 Å². The number of hydrogen-bond acceptors (Lipinski definition) is 9. The number of nitrogens with one attached hydrogen (secondary N) is 4. The maximum absolute atomic E-state index is 13.7. The van der Waals surface area contributed by atoms with E-state index in [4.69, 9.17) is 4.98 Å². The molecule has 0 bridgehead atoms. The molecule has 1 atom stereocenters. The normalized spacial score (nSPS) is 19.4. The number of nitrogens with zero attached hydrogens (tertiary/aromatic N) is 7. The predicted molar refractivity (Wildman–Crippen MR) is 173 cm³/mol. The molecule has 2 amide bonds. The summed E-state index contributed by atoms with van der Waals surface area (Å²) in [6.45, 7) is 3.20. The summed E-state index contributed by atoms with van der Waals surface area (Å²) in [5.41, 5.74) is 3.40. The van der Waals surface area contributed by atoms with Crippen LogP contribution in [-0.2, 0) is 13.6 Å². The van der Waals surface area contributed by atoms with E-state index in [9.17, 15) is 10.1 Å². The zero-order chi connectivity index (χ0) is 31.0. The number of aromatic nitrogens is 5. The maximum atomic E-state index is 13.7. The first-order valence-electron chi connectivity index (χ1n) is 15.6. The van der Waals surface area contributed by atoms with Gasteiger partial charge in [0.1, 0.15) is 23.3 Å². The van der Waals surface area contributed by atoms with Gasteiger partial charge in [0.15, 0.2) is 0 Å². The Bertz CT molecular complexity index is 1600. The lowest BCUT2D eigenvalue weighted by molar-refractivity contribution is 0.240. The number of anilines is 3. The Balaban J connectivity index is 1.12. The second-order valence-corrected chi connectivity index (χ2v) is 11.8. The van der Waals surface area contributed by atoms with Crippen molar-refractivity contribution >= 4 is 23.6 Å². The second kappa shape index (κ2) is 14.2. The van der Waals surface area contributed by atoms with Crippen LogP contribution in [-0.4, -0.2) is 62.5 Å². The van der Waals surface area contributed by atoms with Crippen LogP contribution >= 0.6 is 0 Å². The van der Waals surface area contributed by atoms with E-state index in [1.165, 1.54) is 0 Å². The van der Waals surface area contributed by atoms with E-state index >= 15 is 0 Å². The van der Waals surface area contributed by atoms with Gasteiger partial charge in [-0.25, -0.2) is 14.8 Å². The number of amides is 2. The predicted octanol–water partition coefficient (Wildman–Crippen LogP) is 4.30. The van der Waals surface area contributed by atoms with E-state index in [1.807, 2.05) is 60.6 Å². The lowest BCUT2D eigenvalue weighted by atomic mass is 9.90. The molecule has 3 aromatic heterocycles. The Labute approximate surface area is 263 Å². The molecule has 45 heavy (non-hydrogen) atoms. The summed E-state index contributed by atoms with van der Waals surface area (Å²) in [4.78, 5) is 29.3. The molecule has 4 N–H and O–H groups in total. The Hall–Kier alpha value is -5.02. The van der Waals surface area contributed by atoms with Crippen LogP contribution in [0.2, 0.25) is 0 Å². The molecule has 4 heterocycles. The molecule has 1 saturated heterocycles. The standard InChI is InChI=1S/C33H39N11O/c1-43-22-27(21-40-43)25-7-12-30(36-19-25)44(33(45)39-17-23-5-3-2-4-6-23)29-10-8-28(9-11-29)41-32-38-20-26(15-34)31(42-32)37-18-24-13-14-35-16-24/h2-7,12,19-22,24,28-29,35H,8-11,13-14,16-18H2,1H3,(H,39,45)(H2,37,38,41,42)/t24?,28-,29-. The van der Waals surface area contributed by atoms with Gasteiger partial charge in [0.05, 0.1) is 12.4 Å². The number of rotatable bonds is 10. The summed E-state index contributed by atoms with van der Waals surface area (Å²) in [6, 6.07) is 16.0. The molecule has 2 aliphatic rings. The molecule has 2 fully saturated rings. The molecule has 1 aliphatic heterocycles. The number of nitriles is 1. The highest BCUT2D eigenvalue weighted by molar-refractivity contribution is 5.91. The minimum absolute atomic E-state index is 0.0188. The molecule has 1 unspecified atom stereocenters. The molecule has 1 aromatic carbocycles. The van der Waals surface area contributed by atoms with Crippen molar-refractivity contribution in [2.24, 2.45) is 13.0 Å². The van der Waals surface area contributed by atoms with E-state index in [0.29, 0.717) is 35.6 Å². The molecule has 4 aromatic rings. The van der Waals surface area contributed by atoms with E-state index in [-0.39, 0.29) is 18.1 Å². The van der Waals surface area contributed by atoms with Gasteiger partial charge in [0, 0.05) is 55.7 Å². The number of aryl methyl sites for hydroxylation is 1. The smallest absolute Gasteiger partial charge is 0.323 e. The van der Waals surface area contributed by atoms with E-state index < -0.39 is 0 Å². The molecule has 0 spiro atoms. The molecular formula is C33H39N11O. The summed E-state index contributed by atoms with van der Waals surface area (Å²) < 4.78 is 1.76. The Morgan fingerprint density at radius 2 is 1.89 bits per heavy atom. The van der Waals surface area contributed by atoms with Gasteiger partial charge in [-0.2, -0.15) is 15.3 Å². The molecule has 232 valence electrons. The Morgan fingerprint density at radius 3 is 2.58 bits per heavy atom. The fourth-order valence-corrected chi connectivity index (χ4v) is 6.04. The molecule has 0 radical (unpaired) electrons. The highest BCUT2D eigenvalue weighted by atomic mass is 16.2. The van der Waals surface area contributed by atoms with Crippen molar-refractivity contribution in [2.45, 2.75) is 50.7 Å².